The van der Waals surface area contributed by atoms with Crippen LogP contribution in [-0.2, 0) is 4.84 Å². The van der Waals surface area contributed by atoms with Gasteiger partial charge in [-0.2, -0.15) is 0 Å². The summed E-state index contributed by atoms with van der Waals surface area (Å²) < 4.78 is 0. The lowest BCUT2D eigenvalue weighted by Crippen LogP contribution is -2.13. The quantitative estimate of drug-likeness (QED) is 0.441. The Morgan fingerprint density at radius 2 is 1.94 bits per heavy atom. The van der Waals surface area contributed by atoms with E-state index in [4.69, 9.17) is 4.84 Å². The highest BCUT2D eigenvalue weighted by Gasteiger charge is 2.19. The summed E-state index contributed by atoms with van der Waals surface area (Å²) in [5, 5.41) is 4.16. The molecule has 0 saturated heterocycles. The minimum Gasteiger partial charge on any atom is -0.392 e. The first-order valence-corrected chi connectivity index (χ1v) is 6.64. The van der Waals surface area contributed by atoms with Crippen molar-refractivity contribution in [1.29, 1.82) is 0 Å². The van der Waals surface area contributed by atoms with Crippen LogP contribution in [0.1, 0.15) is 42.7 Å². The Kier molecular flexibility index (Phi) is 4.57. The van der Waals surface area contributed by atoms with Crippen molar-refractivity contribution in [3.05, 3.63) is 48.0 Å². The molecule has 2 rings (SSSR count). The fourth-order valence-corrected chi connectivity index (χ4v) is 2.40. The summed E-state index contributed by atoms with van der Waals surface area (Å²) in [5.74, 6) is 0.684. The zero-order valence-corrected chi connectivity index (χ0v) is 11.1. The van der Waals surface area contributed by atoms with E-state index >= 15 is 0 Å². The van der Waals surface area contributed by atoms with E-state index in [0.717, 1.165) is 12.8 Å². The SMILES string of the molecule is C=CCON=C1CCC(c2ccc(C)cc2)CC1. The summed E-state index contributed by atoms with van der Waals surface area (Å²) in [6.45, 7) is 6.24. The predicted molar refractivity (Wildman–Crippen MR) is 76.0 cm³/mol. The molecule has 0 amide bonds. The van der Waals surface area contributed by atoms with Gasteiger partial charge >= 0.3 is 0 Å². The van der Waals surface area contributed by atoms with Crippen molar-refractivity contribution < 1.29 is 4.84 Å². The number of rotatable bonds is 4. The van der Waals surface area contributed by atoms with Crippen LogP contribution in [0.2, 0.25) is 0 Å². The van der Waals surface area contributed by atoms with Gasteiger partial charge in [0.05, 0.1) is 5.71 Å². The van der Waals surface area contributed by atoms with Gasteiger partial charge in [-0.1, -0.05) is 47.6 Å². The zero-order chi connectivity index (χ0) is 12.8. The van der Waals surface area contributed by atoms with E-state index in [1.54, 1.807) is 6.08 Å². The lowest BCUT2D eigenvalue weighted by molar-refractivity contribution is 0.172. The third kappa shape index (κ3) is 3.46. The van der Waals surface area contributed by atoms with E-state index in [1.165, 1.54) is 29.7 Å². The van der Waals surface area contributed by atoms with E-state index in [9.17, 15) is 0 Å². The Morgan fingerprint density at radius 3 is 2.56 bits per heavy atom. The molecule has 0 bridgehead atoms. The molecule has 0 aromatic heterocycles. The molecule has 2 heteroatoms. The van der Waals surface area contributed by atoms with Crippen LogP contribution in [0.25, 0.3) is 0 Å². The van der Waals surface area contributed by atoms with E-state index < -0.39 is 0 Å². The van der Waals surface area contributed by atoms with Gasteiger partial charge in [0.1, 0.15) is 6.61 Å². The van der Waals surface area contributed by atoms with E-state index in [-0.39, 0.29) is 0 Å². The Hall–Kier alpha value is -1.57. The van der Waals surface area contributed by atoms with E-state index in [2.05, 4.69) is 42.9 Å². The molecule has 0 atom stereocenters. The van der Waals surface area contributed by atoms with E-state index in [1.807, 2.05) is 0 Å². The number of hydrogen-bond acceptors (Lipinski definition) is 2. The molecule has 0 N–H and O–H groups in total. The molecule has 2 nitrogen and oxygen atoms in total. The summed E-state index contributed by atoms with van der Waals surface area (Å²) in [6.07, 6.45) is 6.19. The van der Waals surface area contributed by atoms with Crippen LogP contribution in [-0.4, -0.2) is 12.3 Å². The summed E-state index contributed by atoms with van der Waals surface area (Å²) in [4.78, 5) is 5.15. The fraction of sp³-hybridized carbons (Fsp3) is 0.438. The molecule has 1 aromatic carbocycles. The molecule has 0 spiro atoms. The molecule has 1 aromatic rings. The normalized spacial score (nSPS) is 19.4. The van der Waals surface area contributed by atoms with Crippen molar-refractivity contribution >= 4 is 5.71 Å². The van der Waals surface area contributed by atoms with Gasteiger partial charge in [-0.25, -0.2) is 0 Å². The second-order valence-electron chi connectivity index (χ2n) is 4.93. The Labute approximate surface area is 109 Å². The lowest BCUT2D eigenvalue weighted by Gasteiger charge is -2.23. The van der Waals surface area contributed by atoms with Crippen LogP contribution in [0.3, 0.4) is 0 Å². The number of benzene rings is 1. The molecule has 1 aliphatic rings. The van der Waals surface area contributed by atoms with Crippen molar-refractivity contribution in [3.63, 3.8) is 0 Å². The number of nitrogens with zero attached hydrogens (tertiary/aromatic N) is 1. The minimum atomic E-state index is 0.505. The highest BCUT2D eigenvalue weighted by atomic mass is 16.6. The largest absolute Gasteiger partial charge is 0.392 e. The van der Waals surface area contributed by atoms with Gasteiger partial charge in [0.2, 0.25) is 0 Å². The lowest BCUT2D eigenvalue weighted by atomic mass is 9.83. The van der Waals surface area contributed by atoms with Crippen LogP contribution < -0.4 is 0 Å². The van der Waals surface area contributed by atoms with Crippen molar-refractivity contribution in [2.24, 2.45) is 5.16 Å². The molecule has 0 radical (unpaired) electrons. The van der Waals surface area contributed by atoms with Crippen molar-refractivity contribution in [2.75, 3.05) is 6.61 Å². The molecule has 18 heavy (non-hydrogen) atoms. The third-order valence-electron chi connectivity index (χ3n) is 3.50. The highest BCUT2D eigenvalue weighted by molar-refractivity contribution is 5.84. The molecule has 1 aliphatic carbocycles. The molecule has 0 unspecified atom stereocenters. The van der Waals surface area contributed by atoms with Gasteiger partial charge in [0.25, 0.3) is 0 Å². The van der Waals surface area contributed by atoms with Gasteiger partial charge in [0, 0.05) is 0 Å². The van der Waals surface area contributed by atoms with Gasteiger partial charge in [-0.3, -0.25) is 0 Å². The number of oxime groups is 1. The smallest absolute Gasteiger partial charge is 0.135 e. The maximum atomic E-state index is 5.15. The Bertz CT molecular complexity index is 409. The predicted octanol–water partition coefficient (Wildman–Crippen LogP) is 4.21. The number of hydrogen-bond donors (Lipinski definition) is 0. The maximum absolute atomic E-state index is 5.15. The number of aryl methyl sites for hydroxylation is 1. The molecule has 0 aliphatic heterocycles. The van der Waals surface area contributed by atoms with Gasteiger partial charge in [-0.05, 0) is 44.1 Å². The first-order valence-electron chi connectivity index (χ1n) is 6.64. The third-order valence-corrected chi connectivity index (χ3v) is 3.50. The van der Waals surface area contributed by atoms with Crippen molar-refractivity contribution in [3.8, 4) is 0 Å². The van der Waals surface area contributed by atoms with Gasteiger partial charge < -0.3 is 4.84 Å². The fourth-order valence-electron chi connectivity index (χ4n) is 2.40. The van der Waals surface area contributed by atoms with Crippen LogP contribution >= 0.6 is 0 Å². The molecule has 1 saturated carbocycles. The zero-order valence-electron chi connectivity index (χ0n) is 11.1. The highest BCUT2D eigenvalue weighted by Crippen LogP contribution is 2.31. The summed E-state index contributed by atoms with van der Waals surface area (Å²) in [5.41, 5.74) is 3.99. The first-order chi connectivity index (χ1) is 8.79. The van der Waals surface area contributed by atoms with Gasteiger partial charge in [-0.15, -0.1) is 0 Å². The monoisotopic (exact) mass is 243 g/mol. The van der Waals surface area contributed by atoms with Gasteiger partial charge in [0.15, 0.2) is 0 Å². The molecule has 0 heterocycles. The van der Waals surface area contributed by atoms with Crippen molar-refractivity contribution in [1.82, 2.24) is 0 Å². The second-order valence-corrected chi connectivity index (χ2v) is 4.93. The second kappa shape index (κ2) is 6.39. The van der Waals surface area contributed by atoms with Crippen LogP contribution in [0.5, 0.6) is 0 Å². The Balaban J connectivity index is 1.88. The first kappa shape index (κ1) is 12.9. The standard InChI is InChI=1S/C16H21NO/c1-3-12-18-17-16-10-8-15(9-11-16)14-6-4-13(2)5-7-14/h3-7,15H,1,8-12H2,2H3. The average Bonchev–Trinajstić information content (AvgIpc) is 2.41. The van der Waals surface area contributed by atoms with Crippen molar-refractivity contribution in [2.45, 2.75) is 38.5 Å². The van der Waals surface area contributed by atoms with Crippen LogP contribution in [0, 0.1) is 6.92 Å². The average molecular weight is 243 g/mol. The summed E-state index contributed by atoms with van der Waals surface area (Å²) in [6, 6.07) is 8.92. The van der Waals surface area contributed by atoms with Crippen LogP contribution in [0.4, 0.5) is 0 Å². The maximum Gasteiger partial charge on any atom is 0.135 e. The summed E-state index contributed by atoms with van der Waals surface area (Å²) >= 11 is 0. The van der Waals surface area contributed by atoms with Crippen LogP contribution in [0.15, 0.2) is 42.1 Å². The summed E-state index contributed by atoms with van der Waals surface area (Å²) in [7, 11) is 0. The molecule has 1 fully saturated rings. The minimum absolute atomic E-state index is 0.505. The molecule has 96 valence electrons. The van der Waals surface area contributed by atoms with E-state index in [0.29, 0.717) is 12.5 Å². The molecular weight excluding hydrogens is 222 g/mol. The Morgan fingerprint density at radius 1 is 1.28 bits per heavy atom. The topological polar surface area (TPSA) is 21.6 Å². The molecular formula is C16H21NO.